The Morgan fingerprint density at radius 1 is 1.35 bits per heavy atom. The van der Waals surface area contributed by atoms with Gasteiger partial charge in [-0.05, 0) is 34.2 Å². The second-order valence-corrected chi connectivity index (χ2v) is 4.81. The zero-order valence-electron chi connectivity index (χ0n) is 11.0. The molecule has 0 aliphatic rings. The van der Waals surface area contributed by atoms with E-state index >= 15 is 0 Å². The molecule has 0 aromatic rings. The monoisotopic (exact) mass is 246 g/mol. The first-order valence-electron chi connectivity index (χ1n) is 5.63. The quantitative estimate of drug-likeness (QED) is 0.672. The van der Waals surface area contributed by atoms with Crippen LogP contribution in [0.4, 0.5) is 4.79 Å². The molecule has 0 aromatic heterocycles. The molecule has 2 atom stereocenters. The molecule has 0 heterocycles. The van der Waals surface area contributed by atoms with Crippen molar-refractivity contribution in [2.24, 2.45) is 0 Å². The highest BCUT2D eigenvalue weighted by molar-refractivity contribution is 5.76. The van der Waals surface area contributed by atoms with E-state index in [1.807, 2.05) is 0 Å². The summed E-state index contributed by atoms with van der Waals surface area (Å²) in [5, 5.41) is 14.2. The van der Waals surface area contributed by atoms with E-state index in [-0.39, 0.29) is 0 Å². The maximum absolute atomic E-state index is 11.4. The van der Waals surface area contributed by atoms with Crippen LogP contribution in [-0.2, 0) is 9.53 Å². The predicted octanol–water partition coefficient (Wildman–Crippen LogP) is 0.962. The molecule has 0 aliphatic carbocycles. The van der Waals surface area contributed by atoms with Gasteiger partial charge < -0.3 is 20.5 Å². The normalized spacial score (nSPS) is 14.9. The molecule has 0 radical (unpaired) electrons. The Morgan fingerprint density at radius 2 is 1.88 bits per heavy atom. The fraction of sp³-hybridized carbons (Fsp3) is 0.818. The van der Waals surface area contributed by atoms with Crippen LogP contribution in [-0.4, -0.2) is 41.4 Å². The van der Waals surface area contributed by atoms with Crippen LogP contribution in [0, 0.1) is 0 Å². The number of hydrogen-bond donors (Lipinski definition) is 3. The molecule has 1 amide bonds. The lowest BCUT2D eigenvalue weighted by atomic mass is 10.1. The summed E-state index contributed by atoms with van der Waals surface area (Å²) in [6.45, 7) is 9.17. The molecule has 0 aromatic carbocycles. The van der Waals surface area contributed by atoms with Gasteiger partial charge in [0.15, 0.2) is 0 Å². The summed E-state index contributed by atoms with van der Waals surface area (Å²) in [4.78, 5) is 22.4. The zero-order chi connectivity index (χ0) is 13.6. The van der Waals surface area contributed by atoms with Gasteiger partial charge in [0.1, 0.15) is 11.6 Å². The van der Waals surface area contributed by atoms with Gasteiger partial charge in [-0.25, -0.2) is 4.79 Å². The summed E-state index contributed by atoms with van der Waals surface area (Å²) in [6.07, 6.45) is -0.617. The molecule has 0 saturated carbocycles. The number of alkyl carbamates (subject to hydrolysis) is 1. The van der Waals surface area contributed by atoms with Crippen LogP contribution in [0.2, 0.25) is 0 Å². The molecule has 0 aliphatic heterocycles. The lowest BCUT2D eigenvalue weighted by molar-refractivity contribution is -0.140. The second kappa shape index (κ2) is 6.44. The third-order valence-corrected chi connectivity index (χ3v) is 1.93. The Kier molecular flexibility index (Phi) is 5.95. The van der Waals surface area contributed by atoms with E-state index in [0.717, 1.165) is 0 Å². The highest BCUT2D eigenvalue weighted by atomic mass is 16.6. The number of carbonyl (C=O) groups is 2. The first-order chi connectivity index (χ1) is 7.67. The van der Waals surface area contributed by atoms with Gasteiger partial charge in [0.05, 0.1) is 6.04 Å². The van der Waals surface area contributed by atoms with Gasteiger partial charge in [-0.3, -0.25) is 4.79 Å². The number of carboxylic acids is 1. The van der Waals surface area contributed by atoms with Crippen LogP contribution < -0.4 is 10.6 Å². The molecule has 0 saturated heterocycles. The van der Waals surface area contributed by atoms with Gasteiger partial charge in [-0.2, -0.15) is 0 Å². The van der Waals surface area contributed by atoms with E-state index in [9.17, 15) is 9.59 Å². The lowest BCUT2D eigenvalue weighted by Crippen LogP contribution is -2.53. The van der Waals surface area contributed by atoms with Crippen LogP contribution in [0.5, 0.6) is 0 Å². The van der Waals surface area contributed by atoms with Crippen molar-refractivity contribution in [2.75, 3.05) is 6.54 Å². The Bertz CT molecular complexity index is 273. The largest absolute Gasteiger partial charge is 0.480 e. The molecule has 17 heavy (non-hydrogen) atoms. The molecular formula is C11H22N2O4. The minimum atomic E-state index is -1.00. The average Bonchev–Trinajstić information content (AvgIpc) is 2.09. The summed E-state index contributed by atoms with van der Waals surface area (Å²) in [5.74, 6) is -1.00. The lowest BCUT2D eigenvalue weighted by Gasteiger charge is -2.25. The molecular weight excluding hydrogens is 224 g/mol. The number of carbonyl (C=O) groups excluding carboxylic acids is 1. The minimum absolute atomic E-state index is 0.511. The van der Waals surface area contributed by atoms with Crippen molar-refractivity contribution in [1.29, 1.82) is 0 Å². The summed E-state index contributed by atoms with van der Waals surface area (Å²) in [7, 11) is 0. The third kappa shape index (κ3) is 6.78. The SMILES string of the molecule is CCNC(C(=O)O)C(C)NC(=O)OC(C)(C)C. The molecule has 0 spiro atoms. The molecule has 0 rings (SSSR count). The number of likely N-dealkylation sites (N-methyl/N-ethyl adjacent to an activating group) is 1. The summed E-state index contributed by atoms with van der Waals surface area (Å²) >= 11 is 0. The van der Waals surface area contributed by atoms with E-state index in [4.69, 9.17) is 9.84 Å². The third-order valence-electron chi connectivity index (χ3n) is 1.93. The van der Waals surface area contributed by atoms with E-state index in [1.165, 1.54) is 0 Å². The maximum atomic E-state index is 11.4. The van der Waals surface area contributed by atoms with Crippen molar-refractivity contribution in [1.82, 2.24) is 10.6 Å². The Balaban J connectivity index is 4.35. The molecule has 0 fully saturated rings. The number of rotatable bonds is 5. The maximum Gasteiger partial charge on any atom is 0.407 e. The highest BCUT2D eigenvalue weighted by Crippen LogP contribution is 2.07. The van der Waals surface area contributed by atoms with Crippen LogP contribution in [0.3, 0.4) is 0 Å². The molecule has 6 heteroatoms. The molecule has 2 unspecified atom stereocenters. The molecule has 6 nitrogen and oxygen atoms in total. The Morgan fingerprint density at radius 3 is 2.24 bits per heavy atom. The smallest absolute Gasteiger partial charge is 0.407 e. The summed E-state index contributed by atoms with van der Waals surface area (Å²) in [6, 6.07) is -1.38. The Hall–Kier alpha value is -1.30. The highest BCUT2D eigenvalue weighted by Gasteiger charge is 2.26. The van der Waals surface area contributed by atoms with E-state index in [2.05, 4.69) is 10.6 Å². The van der Waals surface area contributed by atoms with Crippen molar-refractivity contribution in [3.05, 3.63) is 0 Å². The minimum Gasteiger partial charge on any atom is -0.480 e. The predicted molar refractivity (Wildman–Crippen MR) is 63.9 cm³/mol. The van der Waals surface area contributed by atoms with Gasteiger partial charge in [0.25, 0.3) is 0 Å². The number of aliphatic carboxylic acids is 1. The van der Waals surface area contributed by atoms with Crippen LogP contribution in [0.25, 0.3) is 0 Å². The van der Waals surface area contributed by atoms with Gasteiger partial charge in [0, 0.05) is 0 Å². The number of hydrogen-bond acceptors (Lipinski definition) is 4. The van der Waals surface area contributed by atoms with E-state index in [0.29, 0.717) is 6.54 Å². The number of ether oxygens (including phenoxy) is 1. The fourth-order valence-electron chi connectivity index (χ4n) is 1.27. The van der Waals surface area contributed by atoms with Crippen LogP contribution >= 0.6 is 0 Å². The average molecular weight is 246 g/mol. The fourth-order valence-corrected chi connectivity index (χ4v) is 1.27. The van der Waals surface area contributed by atoms with Gasteiger partial charge in [-0.15, -0.1) is 0 Å². The van der Waals surface area contributed by atoms with Crippen molar-refractivity contribution in [3.63, 3.8) is 0 Å². The van der Waals surface area contributed by atoms with Crippen molar-refractivity contribution in [2.45, 2.75) is 52.3 Å². The van der Waals surface area contributed by atoms with Crippen molar-refractivity contribution < 1.29 is 19.4 Å². The first-order valence-corrected chi connectivity index (χ1v) is 5.63. The topological polar surface area (TPSA) is 87.7 Å². The Labute approximate surface area is 102 Å². The van der Waals surface area contributed by atoms with E-state index < -0.39 is 29.7 Å². The number of carboxylic acid groups (broad SMARTS) is 1. The number of amides is 1. The van der Waals surface area contributed by atoms with E-state index in [1.54, 1.807) is 34.6 Å². The number of nitrogens with one attached hydrogen (secondary N) is 2. The van der Waals surface area contributed by atoms with Crippen LogP contribution in [0.1, 0.15) is 34.6 Å². The molecule has 100 valence electrons. The first kappa shape index (κ1) is 15.7. The van der Waals surface area contributed by atoms with Crippen molar-refractivity contribution in [3.8, 4) is 0 Å². The van der Waals surface area contributed by atoms with Crippen molar-refractivity contribution >= 4 is 12.1 Å². The summed E-state index contributed by atoms with van der Waals surface area (Å²) in [5.41, 5.74) is -0.597. The van der Waals surface area contributed by atoms with Crippen LogP contribution in [0.15, 0.2) is 0 Å². The van der Waals surface area contributed by atoms with Gasteiger partial charge in [-0.1, -0.05) is 6.92 Å². The molecule has 0 bridgehead atoms. The van der Waals surface area contributed by atoms with Gasteiger partial charge in [0.2, 0.25) is 0 Å². The standard InChI is InChI=1S/C11H22N2O4/c1-6-12-8(9(14)15)7(2)13-10(16)17-11(3,4)5/h7-8,12H,6H2,1-5H3,(H,13,16)(H,14,15). The zero-order valence-corrected chi connectivity index (χ0v) is 11.0. The molecule has 3 N–H and O–H groups in total. The summed E-state index contributed by atoms with van der Waals surface area (Å²) < 4.78 is 5.05. The second-order valence-electron chi connectivity index (χ2n) is 4.81. The van der Waals surface area contributed by atoms with Gasteiger partial charge >= 0.3 is 12.1 Å².